The third-order valence-electron chi connectivity index (χ3n) is 3.15. The van der Waals surface area contributed by atoms with Crippen LogP contribution in [0.4, 0.5) is 8.78 Å². The fourth-order valence-electron chi connectivity index (χ4n) is 2.36. The molecule has 0 unspecified atom stereocenters. The molecule has 0 aliphatic carbocycles. The molecule has 1 rings (SSSR count). The van der Waals surface area contributed by atoms with E-state index in [1.165, 1.54) is 12.1 Å². The predicted octanol–water partition coefficient (Wildman–Crippen LogP) is 4.18. The van der Waals surface area contributed by atoms with Gasteiger partial charge in [-0.15, -0.1) is 0 Å². The first-order valence-electron chi connectivity index (χ1n) is 7.10. The summed E-state index contributed by atoms with van der Waals surface area (Å²) in [5.74, 6) is -1.04. The Kier molecular flexibility index (Phi) is 6.75. The summed E-state index contributed by atoms with van der Waals surface area (Å²) in [6.45, 7) is 7.51. The number of hydrogen-bond acceptors (Lipinski definition) is 2. The lowest BCUT2D eigenvalue weighted by atomic mass is 9.88. The number of nitrogens with one attached hydrogen (secondary N) is 1. The Bertz CT molecular complexity index is 470. The van der Waals surface area contributed by atoms with Crippen LogP contribution < -0.4 is 5.32 Å². The van der Waals surface area contributed by atoms with Gasteiger partial charge in [0.2, 0.25) is 0 Å². The average molecular weight is 363 g/mol. The van der Waals surface area contributed by atoms with Crippen molar-refractivity contribution in [2.45, 2.75) is 39.8 Å². The monoisotopic (exact) mass is 362 g/mol. The van der Waals surface area contributed by atoms with E-state index in [2.05, 4.69) is 46.9 Å². The molecule has 0 fully saturated rings. The molecule has 0 aliphatic rings. The zero-order chi connectivity index (χ0) is 16.2. The molecular formula is C16H25BrF2N2. The Morgan fingerprint density at radius 3 is 2.38 bits per heavy atom. The molecule has 120 valence electrons. The van der Waals surface area contributed by atoms with E-state index >= 15 is 0 Å². The Balaban J connectivity index is 2.79. The maximum Gasteiger partial charge on any atom is 0.144 e. The number of likely N-dealkylation sites (N-methyl/N-ethyl adjacent to an activating group) is 1. The van der Waals surface area contributed by atoms with Gasteiger partial charge >= 0.3 is 0 Å². The average Bonchev–Trinajstić information content (AvgIpc) is 2.31. The summed E-state index contributed by atoms with van der Waals surface area (Å²) in [7, 11) is 4.00. The Morgan fingerprint density at radius 2 is 1.86 bits per heavy atom. The van der Waals surface area contributed by atoms with Crippen LogP contribution in [-0.2, 0) is 6.54 Å². The van der Waals surface area contributed by atoms with Crippen LogP contribution >= 0.6 is 15.9 Å². The van der Waals surface area contributed by atoms with E-state index in [0.29, 0.717) is 4.47 Å². The molecular weight excluding hydrogens is 338 g/mol. The third-order valence-corrected chi connectivity index (χ3v) is 3.76. The normalized spacial score (nSPS) is 13.8. The molecule has 0 amide bonds. The fraction of sp³-hybridized carbons (Fsp3) is 0.625. The van der Waals surface area contributed by atoms with Crippen molar-refractivity contribution in [2.24, 2.45) is 5.41 Å². The second-order valence-corrected chi connectivity index (χ2v) is 7.78. The van der Waals surface area contributed by atoms with E-state index < -0.39 is 11.6 Å². The van der Waals surface area contributed by atoms with Crippen molar-refractivity contribution in [3.63, 3.8) is 0 Å². The standard InChI is InChI=1S/C16H25BrF2N2/c1-16(2,3)8-11(10-21(4)5)20-9-12-14(18)7-6-13(17)15(12)19/h6-7,11,20H,8-10H2,1-5H3/t11-/m0/s1. The molecule has 0 heterocycles. The highest BCUT2D eigenvalue weighted by atomic mass is 79.9. The number of rotatable bonds is 6. The van der Waals surface area contributed by atoms with Gasteiger partial charge in [0.25, 0.3) is 0 Å². The van der Waals surface area contributed by atoms with Crippen molar-refractivity contribution >= 4 is 15.9 Å². The van der Waals surface area contributed by atoms with Gasteiger partial charge in [0.15, 0.2) is 0 Å². The zero-order valence-corrected chi connectivity index (χ0v) is 15.0. The van der Waals surface area contributed by atoms with Crippen molar-refractivity contribution in [2.75, 3.05) is 20.6 Å². The van der Waals surface area contributed by atoms with Gasteiger partial charge in [0.1, 0.15) is 11.6 Å². The first-order valence-corrected chi connectivity index (χ1v) is 7.90. The maximum atomic E-state index is 14.0. The maximum absolute atomic E-state index is 14.0. The van der Waals surface area contributed by atoms with Crippen molar-refractivity contribution < 1.29 is 8.78 Å². The van der Waals surface area contributed by atoms with Crippen LogP contribution in [0.3, 0.4) is 0 Å². The van der Waals surface area contributed by atoms with Gasteiger partial charge in [-0.25, -0.2) is 8.78 Å². The Hall–Kier alpha value is -0.520. The van der Waals surface area contributed by atoms with Crippen LogP contribution in [0.15, 0.2) is 16.6 Å². The highest BCUT2D eigenvalue weighted by molar-refractivity contribution is 9.10. The van der Waals surface area contributed by atoms with Crippen LogP contribution in [0.1, 0.15) is 32.8 Å². The number of benzene rings is 1. The van der Waals surface area contributed by atoms with E-state index in [9.17, 15) is 8.78 Å². The summed E-state index contributed by atoms with van der Waals surface area (Å²) in [6, 6.07) is 2.85. The number of halogens is 3. The lowest BCUT2D eigenvalue weighted by molar-refractivity contribution is 0.254. The molecule has 0 saturated heterocycles. The molecule has 0 bridgehead atoms. The molecule has 5 heteroatoms. The van der Waals surface area contributed by atoms with Crippen molar-refractivity contribution in [3.05, 3.63) is 33.8 Å². The van der Waals surface area contributed by atoms with Crippen molar-refractivity contribution in [1.29, 1.82) is 0 Å². The minimum Gasteiger partial charge on any atom is -0.308 e. The highest BCUT2D eigenvalue weighted by Crippen LogP contribution is 2.23. The lowest BCUT2D eigenvalue weighted by Crippen LogP contribution is -2.40. The number of hydrogen-bond donors (Lipinski definition) is 1. The molecule has 1 aromatic rings. The van der Waals surface area contributed by atoms with E-state index in [1.807, 2.05) is 14.1 Å². The molecule has 1 atom stereocenters. The van der Waals surface area contributed by atoms with Crippen LogP contribution in [-0.4, -0.2) is 31.6 Å². The zero-order valence-electron chi connectivity index (χ0n) is 13.4. The highest BCUT2D eigenvalue weighted by Gasteiger charge is 2.20. The smallest absolute Gasteiger partial charge is 0.144 e. The topological polar surface area (TPSA) is 15.3 Å². The van der Waals surface area contributed by atoms with Crippen molar-refractivity contribution in [1.82, 2.24) is 10.2 Å². The van der Waals surface area contributed by atoms with E-state index in [-0.39, 0.29) is 23.6 Å². The van der Waals surface area contributed by atoms with Gasteiger partial charge in [-0.1, -0.05) is 20.8 Å². The summed E-state index contributed by atoms with van der Waals surface area (Å²) in [5, 5.41) is 3.29. The summed E-state index contributed by atoms with van der Waals surface area (Å²) >= 11 is 3.10. The van der Waals surface area contributed by atoms with Crippen LogP contribution in [0.2, 0.25) is 0 Å². The Labute approximate surface area is 135 Å². The minimum atomic E-state index is -0.526. The van der Waals surface area contributed by atoms with Gasteiger partial charge < -0.3 is 10.2 Å². The van der Waals surface area contributed by atoms with Gasteiger partial charge in [0, 0.05) is 24.7 Å². The van der Waals surface area contributed by atoms with Gasteiger partial charge in [-0.05, 0) is 54.0 Å². The first-order chi connectivity index (χ1) is 9.60. The number of nitrogens with zero attached hydrogens (tertiary/aromatic N) is 1. The van der Waals surface area contributed by atoms with Crippen molar-refractivity contribution in [3.8, 4) is 0 Å². The second kappa shape index (κ2) is 7.65. The largest absolute Gasteiger partial charge is 0.308 e. The molecule has 0 saturated carbocycles. The lowest BCUT2D eigenvalue weighted by Gasteiger charge is -2.29. The summed E-state index contributed by atoms with van der Waals surface area (Å²) < 4.78 is 28.0. The minimum absolute atomic E-state index is 0.0852. The molecule has 0 aromatic heterocycles. The molecule has 2 nitrogen and oxygen atoms in total. The third kappa shape index (κ3) is 6.41. The molecule has 1 aromatic carbocycles. The van der Waals surface area contributed by atoms with Crippen LogP contribution in [0.25, 0.3) is 0 Å². The summed E-state index contributed by atoms with van der Waals surface area (Å²) in [6.07, 6.45) is 0.933. The molecule has 21 heavy (non-hydrogen) atoms. The second-order valence-electron chi connectivity index (χ2n) is 6.93. The SMILES string of the molecule is CN(C)C[C@H](CC(C)(C)C)NCc1c(F)ccc(Br)c1F. The van der Waals surface area contributed by atoms with Gasteiger partial charge in [-0.2, -0.15) is 0 Å². The summed E-state index contributed by atoms with van der Waals surface area (Å²) in [4.78, 5) is 2.08. The predicted molar refractivity (Wildman–Crippen MR) is 87.3 cm³/mol. The molecule has 0 radical (unpaired) electrons. The van der Waals surface area contributed by atoms with Gasteiger partial charge in [-0.3, -0.25) is 0 Å². The van der Waals surface area contributed by atoms with E-state index in [0.717, 1.165) is 13.0 Å². The molecule has 0 aliphatic heterocycles. The quantitative estimate of drug-likeness (QED) is 0.763. The molecule has 1 N–H and O–H groups in total. The van der Waals surface area contributed by atoms with E-state index in [1.54, 1.807) is 0 Å². The molecule has 0 spiro atoms. The van der Waals surface area contributed by atoms with Crippen LogP contribution in [0.5, 0.6) is 0 Å². The fourth-order valence-corrected chi connectivity index (χ4v) is 2.73. The summed E-state index contributed by atoms with van der Waals surface area (Å²) in [5.41, 5.74) is 0.240. The first kappa shape index (κ1) is 18.5. The Morgan fingerprint density at radius 1 is 1.24 bits per heavy atom. The van der Waals surface area contributed by atoms with E-state index in [4.69, 9.17) is 0 Å². The van der Waals surface area contributed by atoms with Crippen LogP contribution in [0, 0.1) is 17.0 Å². The van der Waals surface area contributed by atoms with Gasteiger partial charge in [0.05, 0.1) is 4.47 Å².